The van der Waals surface area contributed by atoms with Gasteiger partial charge in [0.2, 0.25) is 11.8 Å². The number of hydrogen-bond donors (Lipinski definition) is 1. The fourth-order valence-electron chi connectivity index (χ4n) is 3.99. The maximum atomic E-state index is 15.0. The Morgan fingerprint density at radius 1 is 0.975 bits per heavy atom. The zero-order valence-electron chi connectivity index (χ0n) is 23.6. The number of rotatable bonds is 10. The van der Waals surface area contributed by atoms with Crippen molar-refractivity contribution in [1.82, 2.24) is 10.2 Å². The predicted molar refractivity (Wildman–Crippen MR) is 153 cm³/mol. The summed E-state index contributed by atoms with van der Waals surface area (Å²) < 4.78 is 48.5. The van der Waals surface area contributed by atoms with Crippen LogP contribution >= 0.6 is 0 Å². The summed E-state index contributed by atoms with van der Waals surface area (Å²) in [5.74, 6) is -1.26. The van der Waals surface area contributed by atoms with Gasteiger partial charge in [-0.3, -0.25) is 13.9 Å². The van der Waals surface area contributed by atoms with Crippen molar-refractivity contribution in [2.45, 2.75) is 57.6 Å². The maximum absolute atomic E-state index is 15.0. The van der Waals surface area contributed by atoms with Gasteiger partial charge in [-0.15, -0.1) is 0 Å². The third-order valence-corrected chi connectivity index (χ3v) is 7.96. The van der Waals surface area contributed by atoms with Crippen LogP contribution < -0.4 is 14.4 Å². The van der Waals surface area contributed by atoms with E-state index in [4.69, 9.17) is 4.74 Å². The molecule has 3 aromatic carbocycles. The van der Waals surface area contributed by atoms with Crippen molar-refractivity contribution < 1.29 is 27.1 Å². The standard InChI is InChI=1S/C30H36FN3O5S/c1-21-11-17-25(18-12-21)40(37,38)34(27-10-8-7-9-26(27)31)20-28(35)33(22(2)29(36)32-30(3,4)5)19-23-13-15-24(39-6)16-14-23/h7-18,22H,19-20H2,1-6H3,(H,32,36). The molecule has 3 rings (SSSR count). The van der Waals surface area contributed by atoms with Crippen molar-refractivity contribution >= 4 is 27.5 Å². The number of sulfonamides is 1. The molecule has 0 aliphatic heterocycles. The third-order valence-electron chi connectivity index (χ3n) is 6.19. The lowest BCUT2D eigenvalue weighted by molar-refractivity contribution is -0.140. The summed E-state index contributed by atoms with van der Waals surface area (Å²) in [7, 11) is -2.81. The van der Waals surface area contributed by atoms with Crippen LogP contribution in [0.25, 0.3) is 0 Å². The Hall–Kier alpha value is -3.92. The van der Waals surface area contributed by atoms with Crippen molar-refractivity contribution in [3.8, 4) is 5.75 Å². The number of hydrogen-bond acceptors (Lipinski definition) is 5. The molecule has 1 N–H and O–H groups in total. The van der Waals surface area contributed by atoms with Gasteiger partial charge in [0, 0.05) is 12.1 Å². The van der Waals surface area contributed by atoms with E-state index >= 15 is 0 Å². The second kappa shape index (κ2) is 12.5. The second-order valence-electron chi connectivity index (χ2n) is 10.6. The molecule has 0 saturated heterocycles. The molecular weight excluding hydrogens is 533 g/mol. The summed E-state index contributed by atoms with van der Waals surface area (Å²) in [6.07, 6.45) is 0. The van der Waals surface area contributed by atoms with Crippen LogP contribution in [0.2, 0.25) is 0 Å². The molecule has 0 aromatic heterocycles. The van der Waals surface area contributed by atoms with Crippen LogP contribution in [-0.4, -0.2) is 50.4 Å². The van der Waals surface area contributed by atoms with Gasteiger partial charge in [0.15, 0.2) is 0 Å². The third kappa shape index (κ3) is 7.59. The number of nitrogens with one attached hydrogen (secondary N) is 1. The number of ether oxygens (including phenoxy) is 1. The molecule has 0 heterocycles. The van der Waals surface area contributed by atoms with Crippen molar-refractivity contribution in [2.75, 3.05) is 18.0 Å². The van der Waals surface area contributed by atoms with Gasteiger partial charge in [0.05, 0.1) is 17.7 Å². The van der Waals surface area contributed by atoms with Crippen molar-refractivity contribution in [1.29, 1.82) is 0 Å². The van der Waals surface area contributed by atoms with Gasteiger partial charge >= 0.3 is 0 Å². The molecule has 2 amide bonds. The lowest BCUT2D eigenvalue weighted by atomic mass is 10.1. The van der Waals surface area contributed by atoms with E-state index in [9.17, 15) is 22.4 Å². The van der Waals surface area contributed by atoms with Crippen LogP contribution in [0.3, 0.4) is 0 Å². The van der Waals surface area contributed by atoms with E-state index in [1.807, 2.05) is 27.7 Å². The number of aryl methyl sites for hydroxylation is 1. The largest absolute Gasteiger partial charge is 0.497 e. The van der Waals surface area contributed by atoms with Crippen LogP contribution in [0.4, 0.5) is 10.1 Å². The Bertz CT molecular complexity index is 1440. The lowest BCUT2D eigenvalue weighted by Crippen LogP contribution is -2.54. The average Bonchev–Trinajstić information content (AvgIpc) is 2.90. The first-order valence-corrected chi connectivity index (χ1v) is 14.3. The fraction of sp³-hybridized carbons (Fsp3) is 0.333. The second-order valence-corrected chi connectivity index (χ2v) is 12.4. The molecule has 0 aliphatic rings. The van der Waals surface area contributed by atoms with Crippen LogP contribution in [0, 0.1) is 12.7 Å². The molecule has 10 heteroatoms. The number of anilines is 1. The predicted octanol–water partition coefficient (Wildman–Crippen LogP) is 4.67. The topological polar surface area (TPSA) is 96.0 Å². The van der Waals surface area contributed by atoms with Crippen LogP contribution in [0.5, 0.6) is 5.75 Å². The van der Waals surface area contributed by atoms with Gasteiger partial charge in [-0.05, 0) is 76.6 Å². The highest BCUT2D eigenvalue weighted by molar-refractivity contribution is 7.92. The van der Waals surface area contributed by atoms with Gasteiger partial charge < -0.3 is 15.0 Å². The zero-order valence-corrected chi connectivity index (χ0v) is 24.5. The summed E-state index contributed by atoms with van der Waals surface area (Å²) in [4.78, 5) is 28.2. The number of methoxy groups -OCH3 is 1. The van der Waals surface area contributed by atoms with E-state index in [2.05, 4.69) is 5.32 Å². The molecule has 1 unspecified atom stereocenters. The molecule has 40 heavy (non-hydrogen) atoms. The Morgan fingerprint density at radius 2 is 1.57 bits per heavy atom. The minimum atomic E-state index is -4.35. The molecule has 3 aromatic rings. The molecule has 0 saturated carbocycles. The minimum Gasteiger partial charge on any atom is -0.497 e. The fourth-order valence-corrected chi connectivity index (χ4v) is 5.41. The number of carbonyl (C=O) groups excluding carboxylic acids is 2. The van der Waals surface area contributed by atoms with Gasteiger partial charge in [0.25, 0.3) is 10.0 Å². The Balaban J connectivity index is 2.04. The molecule has 8 nitrogen and oxygen atoms in total. The summed E-state index contributed by atoms with van der Waals surface area (Å²) in [6.45, 7) is 8.14. The van der Waals surface area contributed by atoms with E-state index in [1.165, 1.54) is 42.3 Å². The van der Waals surface area contributed by atoms with Crippen LogP contribution in [0.1, 0.15) is 38.8 Å². The summed E-state index contributed by atoms with van der Waals surface area (Å²) >= 11 is 0. The molecule has 1 atom stereocenters. The number of amides is 2. The van der Waals surface area contributed by atoms with Gasteiger partial charge in [-0.25, -0.2) is 12.8 Å². The Kier molecular flexibility index (Phi) is 9.57. The first-order valence-electron chi connectivity index (χ1n) is 12.8. The first-order chi connectivity index (χ1) is 18.7. The highest BCUT2D eigenvalue weighted by Crippen LogP contribution is 2.27. The van der Waals surface area contributed by atoms with Crippen molar-refractivity contribution in [3.05, 3.63) is 89.7 Å². The minimum absolute atomic E-state index is 0.0112. The smallest absolute Gasteiger partial charge is 0.264 e. The SMILES string of the molecule is COc1ccc(CN(C(=O)CN(c2ccccc2F)S(=O)(=O)c2ccc(C)cc2)C(C)C(=O)NC(C)(C)C)cc1. The molecular formula is C30H36FN3O5S. The van der Waals surface area contributed by atoms with E-state index in [0.29, 0.717) is 11.3 Å². The van der Waals surface area contributed by atoms with Crippen LogP contribution in [0.15, 0.2) is 77.7 Å². The Labute approximate surface area is 235 Å². The van der Waals surface area contributed by atoms with E-state index < -0.39 is 45.8 Å². The van der Waals surface area contributed by atoms with E-state index in [0.717, 1.165) is 15.9 Å². The number of para-hydroxylation sites is 1. The average molecular weight is 570 g/mol. The summed E-state index contributed by atoms with van der Waals surface area (Å²) in [5, 5.41) is 2.87. The van der Waals surface area contributed by atoms with Gasteiger partial charge in [0.1, 0.15) is 24.2 Å². The molecule has 0 radical (unpaired) electrons. The first kappa shape index (κ1) is 30.6. The Morgan fingerprint density at radius 3 is 2.12 bits per heavy atom. The molecule has 0 aliphatic carbocycles. The van der Waals surface area contributed by atoms with E-state index in [1.54, 1.807) is 43.3 Å². The van der Waals surface area contributed by atoms with Gasteiger partial charge in [-0.1, -0.05) is 42.0 Å². The number of carbonyl (C=O) groups is 2. The number of nitrogens with zero attached hydrogens (tertiary/aromatic N) is 2. The maximum Gasteiger partial charge on any atom is 0.264 e. The highest BCUT2D eigenvalue weighted by Gasteiger charge is 2.34. The molecule has 0 spiro atoms. The van der Waals surface area contributed by atoms with E-state index in [-0.39, 0.29) is 17.1 Å². The molecule has 214 valence electrons. The number of benzene rings is 3. The normalized spacial score (nSPS) is 12.4. The molecule has 0 fully saturated rings. The number of halogens is 1. The zero-order chi connectivity index (χ0) is 29.7. The highest BCUT2D eigenvalue weighted by atomic mass is 32.2. The molecule has 0 bridgehead atoms. The summed E-state index contributed by atoms with van der Waals surface area (Å²) in [5.41, 5.74) is 0.710. The summed E-state index contributed by atoms with van der Waals surface area (Å²) in [6, 6.07) is 17.5. The van der Waals surface area contributed by atoms with Crippen molar-refractivity contribution in [2.24, 2.45) is 0 Å². The van der Waals surface area contributed by atoms with Crippen LogP contribution in [-0.2, 0) is 26.2 Å². The van der Waals surface area contributed by atoms with Gasteiger partial charge in [-0.2, -0.15) is 0 Å². The quantitative estimate of drug-likeness (QED) is 0.383. The van der Waals surface area contributed by atoms with Crippen molar-refractivity contribution in [3.63, 3.8) is 0 Å². The lowest BCUT2D eigenvalue weighted by Gasteiger charge is -2.33. The monoisotopic (exact) mass is 569 g/mol.